The van der Waals surface area contributed by atoms with Gasteiger partial charge in [-0.1, -0.05) is 18.2 Å². The van der Waals surface area contributed by atoms with Crippen molar-refractivity contribution in [3.63, 3.8) is 0 Å². The molecule has 0 radical (unpaired) electrons. The van der Waals surface area contributed by atoms with Crippen molar-refractivity contribution in [2.75, 3.05) is 52.9 Å². The topological polar surface area (TPSA) is 93.5 Å². The summed E-state index contributed by atoms with van der Waals surface area (Å²) in [5, 5.41) is 2.95. The number of aryl methyl sites for hydroxylation is 1. The Labute approximate surface area is 224 Å². The predicted octanol–water partition coefficient (Wildman–Crippen LogP) is 4.67. The van der Waals surface area contributed by atoms with Crippen molar-refractivity contribution in [2.24, 2.45) is 0 Å². The lowest BCUT2D eigenvalue weighted by atomic mass is 10.1. The fraction of sp³-hybridized carbons (Fsp3) is 0.379. The van der Waals surface area contributed by atoms with Crippen LogP contribution in [0.1, 0.15) is 22.5 Å². The SMILES string of the molecule is COCCN(CC(=O)N(CCc1ccc(OC)c(OC)c1)Cc1ccco1)C(=O)Nc1cccc(C)c1C. The Hall–Kier alpha value is -3.98. The van der Waals surface area contributed by atoms with E-state index in [-0.39, 0.29) is 31.6 Å². The van der Waals surface area contributed by atoms with Crippen molar-refractivity contribution in [3.05, 3.63) is 77.2 Å². The van der Waals surface area contributed by atoms with Crippen molar-refractivity contribution in [3.8, 4) is 11.5 Å². The molecule has 0 saturated carbocycles. The fourth-order valence-corrected chi connectivity index (χ4v) is 3.98. The van der Waals surface area contributed by atoms with E-state index in [0.717, 1.165) is 16.7 Å². The molecule has 9 nitrogen and oxygen atoms in total. The lowest BCUT2D eigenvalue weighted by molar-refractivity contribution is -0.132. The number of amides is 3. The summed E-state index contributed by atoms with van der Waals surface area (Å²) in [6.07, 6.45) is 2.16. The number of nitrogens with zero attached hydrogens (tertiary/aromatic N) is 2. The molecule has 0 spiro atoms. The number of anilines is 1. The van der Waals surface area contributed by atoms with Gasteiger partial charge in [0.25, 0.3) is 0 Å². The third-order valence-corrected chi connectivity index (χ3v) is 6.42. The Morgan fingerprint density at radius 2 is 1.71 bits per heavy atom. The van der Waals surface area contributed by atoms with Gasteiger partial charge in [0.2, 0.25) is 5.91 Å². The van der Waals surface area contributed by atoms with Gasteiger partial charge in [0.1, 0.15) is 12.3 Å². The Bertz CT molecular complexity index is 1200. The van der Waals surface area contributed by atoms with Crippen LogP contribution in [0.5, 0.6) is 11.5 Å². The highest BCUT2D eigenvalue weighted by molar-refractivity contribution is 5.93. The molecule has 3 rings (SSSR count). The molecule has 0 fully saturated rings. The zero-order valence-electron chi connectivity index (χ0n) is 22.8. The summed E-state index contributed by atoms with van der Waals surface area (Å²) in [5.41, 5.74) is 3.75. The first-order chi connectivity index (χ1) is 18.4. The van der Waals surface area contributed by atoms with E-state index in [0.29, 0.717) is 42.5 Å². The number of nitrogens with one attached hydrogen (secondary N) is 1. The number of furan rings is 1. The van der Waals surface area contributed by atoms with E-state index in [1.807, 2.05) is 56.3 Å². The van der Waals surface area contributed by atoms with E-state index >= 15 is 0 Å². The second kappa shape index (κ2) is 14.1. The van der Waals surface area contributed by atoms with Gasteiger partial charge in [-0.25, -0.2) is 4.79 Å². The number of ether oxygens (including phenoxy) is 3. The fourth-order valence-electron chi connectivity index (χ4n) is 3.98. The highest BCUT2D eigenvalue weighted by Gasteiger charge is 2.23. The first-order valence-corrected chi connectivity index (χ1v) is 12.5. The zero-order chi connectivity index (χ0) is 27.5. The summed E-state index contributed by atoms with van der Waals surface area (Å²) < 4.78 is 21.5. The van der Waals surface area contributed by atoms with Gasteiger partial charge < -0.3 is 33.7 Å². The Morgan fingerprint density at radius 1 is 0.921 bits per heavy atom. The maximum Gasteiger partial charge on any atom is 0.322 e. The Balaban J connectivity index is 1.75. The van der Waals surface area contributed by atoms with Gasteiger partial charge in [-0.05, 0) is 67.3 Å². The highest BCUT2D eigenvalue weighted by atomic mass is 16.5. The van der Waals surface area contributed by atoms with Crippen LogP contribution in [0.15, 0.2) is 59.2 Å². The first kappa shape index (κ1) is 28.6. The third-order valence-electron chi connectivity index (χ3n) is 6.42. The Morgan fingerprint density at radius 3 is 2.39 bits per heavy atom. The molecule has 3 amide bonds. The number of benzene rings is 2. The molecular weight excluding hydrogens is 486 g/mol. The van der Waals surface area contributed by atoms with Gasteiger partial charge >= 0.3 is 6.03 Å². The second-order valence-corrected chi connectivity index (χ2v) is 8.93. The van der Waals surface area contributed by atoms with Crippen molar-refractivity contribution in [2.45, 2.75) is 26.8 Å². The lowest BCUT2D eigenvalue weighted by Crippen LogP contribution is -2.46. The van der Waals surface area contributed by atoms with E-state index in [9.17, 15) is 9.59 Å². The van der Waals surface area contributed by atoms with Gasteiger partial charge in [-0.2, -0.15) is 0 Å². The van der Waals surface area contributed by atoms with Gasteiger partial charge in [0, 0.05) is 25.9 Å². The van der Waals surface area contributed by atoms with Crippen LogP contribution in [-0.2, 0) is 22.5 Å². The van der Waals surface area contributed by atoms with Crippen molar-refractivity contribution < 1.29 is 28.2 Å². The summed E-state index contributed by atoms with van der Waals surface area (Å²) in [5.74, 6) is 1.73. The highest BCUT2D eigenvalue weighted by Crippen LogP contribution is 2.28. The lowest BCUT2D eigenvalue weighted by Gasteiger charge is -2.27. The normalized spacial score (nSPS) is 10.7. The minimum atomic E-state index is -0.359. The minimum Gasteiger partial charge on any atom is -0.493 e. The van der Waals surface area contributed by atoms with Crippen LogP contribution >= 0.6 is 0 Å². The van der Waals surface area contributed by atoms with Crippen LogP contribution in [0.25, 0.3) is 0 Å². The van der Waals surface area contributed by atoms with Crippen molar-refractivity contribution in [1.82, 2.24) is 9.80 Å². The van der Waals surface area contributed by atoms with Crippen LogP contribution in [0.3, 0.4) is 0 Å². The molecule has 0 aliphatic rings. The van der Waals surface area contributed by atoms with Crippen molar-refractivity contribution in [1.29, 1.82) is 0 Å². The number of methoxy groups -OCH3 is 3. The monoisotopic (exact) mass is 523 g/mol. The molecule has 3 aromatic rings. The average molecular weight is 524 g/mol. The number of urea groups is 1. The zero-order valence-corrected chi connectivity index (χ0v) is 22.8. The van der Waals surface area contributed by atoms with E-state index in [1.165, 1.54) is 4.90 Å². The number of carbonyl (C=O) groups is 2. The molecule has 0 atom stereocenters. The molecule has 204 valence electrons. The van der Waals surface area contributed by atoms with Crippen LogP contribution in [0, 0.1) is 13.8 Å². The number of hydrogen-bond donors (Lipinski definition) is 1. The Kier molecular flexibility index (Phi) is 10.6. The molecule has 0 aliphatic heterocycles. The van der Waals surface area contributed by atoms with E-state index in [2.05, 4.69) is 5.32 Å². The summed E-state index contributed by atoms with van der Waals surface area (Å²) in [4.78, 5) is 29.9. The van der Waals surface area contributed by atoms with Crippen LogP contribution in [0.2, 0.25) is 0 Å². The molecule has 0 bridgehead atoms. The summed E-state index contributed by atoms with van der Waals surface area (Å²) in [7, 11) is 4.74. The summed E-state index contributed by atoms with van der Waals surface area (Å²) in [6, 6.07) is 14.7. The maximum absolute atomic E-state index is 13.5. The van der Waals surface area contributed by atoms with E-state index in [1.54, 1.807) is 38.6 Å². The summed E-state index contributed by atoms with van der Waals surface area (Å²) in [6.45, 7) is 5.12. The predicted molar refractivity (Wildman–Crippen MR) is 146 cm³/mol. The van der Waals surface area contributed by atoms with Gasteiger partial charge in [-0.15, -0.1) is 0 Å². The number of hydrogen-bond acceptors (Lipinski definition) is 6. The molecule has 0 aliphatic carbocycles. The molecule has 38 heavy (non-hydrogen) atoms. The first-order valence-electron chi connectivity index (χ1n) is 12.5. The van der Waals surface area contributed by atoms with Crippen molar-refractivity contribution >= 4 is 17.6 Å². The van der Waals surface area contributed by atoms with Crippen LogP contribution in [0.4, 0.5) is 10.5 Å². The van der Waals surface area contributed by atoms with Gasteiger partial charge in [-0.3, -0.25) is 4.79 Å². The van der Waals surface area contributed by atoms with E-state index < -0.39 is 0 Å². The largest absolute Gasteiger partial charge is 0.493 e. The van der Waals surface area contributed by atoms with Crippen LogP contribution in [-0.4, -0.2) is 69.3 Å². The molecular formula is C29H37N3O6. The summed E-state index contributed by atoms with van der Waals surface area (Å²) >= 11 is 0. The second-order valence-electron chi connectivity index (χ2n) is 8.93. The molecule has 0 unspecified atom stereocenters. The maximum atomic E-state index is 13.5. The standard InChI is InChI=1S/C29H37N3O6/c1-21-8-6-10-25(22(21)2)30-29(34)32(15-17-35-3)20-28(33)31(19-24-9-7-16-38-24)14-13-23-11-12-26(36-4)27(18-23)37-5/h6-12,16,18H,13-15,17,19-20H2,1-5H3,(H,30,34). The van der Waals surface area contributed by atoms with Gasteiger partial charge in [0.05, 0.1) is 33.6 Å². The molecule has 1 N–H and O–H groups in total. The molecule has 2 aromatic carbocycles. The smallest absolute Gasteiger partial charge is 0.322 e. The molecule has 0 saturated heterocycles. The van der Waals surface area contributed by atoms with Crippen LogP contribution < -0.4 is 14.8 Å². The van der Waals surface area contributed by atoms with Gasteiger partial charge in [0.15, 0.2) is 11.5 Å². The van der Waals surface area contributed by atoms with E-state index in [4.69, 9.17) is 18.6 Å². The quantitative estimate of drug-likeness (QED) is 0.350. The average Bonchev–Trinajstić information content (AvgIpc) is 3.44. The molecule has 9 heteroatoms. The number of carbonyl (C=O) groups excluding carboxylic acids is 2. The minimum absolute atomic E-state index is 0.104. The number of rotatable bonds is 13. The molecule has 1 aromatic heterocycles. The third kappa shape index (κ3) is 7.76. The molecule has 1 heterocycles.